The summed E-state index contributed by atoms with van der Waals surface area (Å²) in [5, 5.41) is 8.49. The fraction of sp³-hybridized carbons (Fsp3) is 0.321. The zero-order valence-corrected chi connectivity index (χ0v) is 20.2. The van der Waals surface area contributed by atoms with Gasteiger partial charge in [-0.3, -0.25) is 9.59 Å². The summed E-state index contributed by atoms with van der Waals surface area (Å²) in [7, 11) is 0. The van der Waals surface area contributed by atoms with Crippen LogP contribution in [0.5, 0.6) is 0 Å². The molecule has 1 aromatic carbocycles. The summed E-state index contributed by atoms with van der Waals surface area (Å²) >= 11 is 0. The summed E-state index contributed by atoms with van der Waals surface area (Å²) in [4.78, 5) is 37.8. The first-order chi connectivity index (χ1) is 17.6. The van der Waals surface area contributed by atoms with Crippen LogP contribution < -0.4 is 5.32 Å². The van der Waals surface area contributed by atoms with Crippen molar-refractivity contribution in [3.63, 3.8) is 0 Å². The highest BCUT2D eigenvalue weighted by atomic mass is 16.2. The van der Waals surface area contributed by atoms with Crippen LogP contribution in [0, 0.1) is 12.8 Å². The highest BCUT2D eigenvalue weighted by Gasteiger charge is 2.32. The molecule has 1 saturated carbocycles. The van der Waals surface area contributed by atoms with Crippen molar-refractivity contribution in [3.8, 4) is 5.82 Å². The number of benzene rings is 1. The quantitative estimate of drug-likeness (QED) is 0.454. The smallest absolute Gasteiger partial charge is 0.254 e. The Kier molecular flexibility index (Phi) is 5.71. The van der Waals surface area contributed by atoms with E-state index in [0.717, 1.165) is 35.3 Å². The normalized spacial score (nSPS) is 16.3. The van der Waals surface area contributed by atoms with Crippen LogP contribution in [0.2, 0.25) is 0 Å². The third-order valence-electron chi connectivity index (χ3n) is 7.12. The molecule has 8 nitrogen and oxygen atoms in total. The molecule has 0 bridgehead atoms. The van der Waals surface area contributed by atoms with Crippen molar-refractivity contribution in [2.75, 3.05) is 18.4 Å². The van der Waals surface area contributed by atoms with Gasteiger partial charge in [0.1, 0.15) is 0 Å². The number of hydrogen-bond donors (Lipinski definition) is 1. The Morgan fingerprint density at radius 2 is 1.72 bits per heavy atom. The number of hydrogen-bond acceptors (Lipinski definition) is 5. The highest BCUT2D eigenvalue weighted by Crippen LogP contribution is 2.41. The van der Waals surface area contributed by atoms with Gasteiger partial charge in [-0.1, -0.05) is 24.3 Å². The van der Waals surface area contributed by atoms with Crippen molar-refractivity contribution in [2.45, 2.75) is 38.5 Å². The molecular weight excluding hydrogens is 452 g/mol. The Labute approximate surface area is 209 Å². The number of aromatic nitrogens is 4. The lowest BCUT2D eigenvalue weighted by Gasteiger charge is -2.31. The van der Waals surface area contributed by atoms with Crippen molar-refractivity contribution < 1.29 is 9.59 Å². The van der Waals surface area contributed by atoms with E-state index in [1.165, 1.54) is 0 Å². The molecule has 2 amide bonds. The number of aryl methyl sites for hydroxylation is 1. The van der Waals surface area contributed by atoms with Gasteiger partial charge in [0, 0.05) is 42.5 Å². The number of carbonyl (C=O) groups is 2. The van der Waals surface area contributed by atoms with E-state index in [1.54, 1.807) is 10.9 Å². The van der Waals surface area contributed by atoms with Crippen LogP contribution in [-0.2, 0) is 4.79 Å². The van der Waals surface area contributed by atoms with Crippen LogP contribution in [0.3, 0.4) is 0 Å². The van der Waals surface area contributed by atoms with E-state index in [0.29, 0.717) is 48.9 Å². The second-order valence-corrected chi connectivity index (χ2v) is 9.67. The predicted octanol–water partition coefficient (Wildman–Crippen LogP) is 4.49. The lowest BCUT2D eigenvalue weighted by atomic mass is 9.95. The monoisotopic (exact) mass is 480 g/mol. The first-order valence-corrected chi connectivity index (χ1v) is 12.6. The average Bonchev–Trinajstić information content (AvgIpc) is 3.72. The summed E-state index contributed by atoms with van der Waals surface area (Å²) in [6.07, 6.45) is 5.18. The van der Waals surface area contributed by atoms with Gasteiger partial charge in [-0.05, 0) is 62.9 Å². The second kappa shape index (κ2) is 9.18. The van der Waals surface area contributed by atoms with E-state index in [4.69, 9.17) is 10.1 Å². The molecule has 1 N–H and O–H groups in total. The van der Waals surface area contributed by atoms with Crippen molar-refractivity contribution in [1.29, 1.82) is 0 Å². The van der Waals surface area contributed by atoms with Crippen LogP contribution >= 0.6 is 0 Å². The molecule has 3 aromatic heterocycles. The van der Waals surface area contributed by atoms with Gasteiger partial charge < -0.3 is 10.2 Å². The number of piperidine rings is 1. The van der Waals surface area contributed by atoms with Crippen LogP contribution in [-0.4, -0.2) is 49.6 Å². The largest absolute Gasteiger partial charge is 0.339 e. The van der Waals surface area contributed by atoms with E-state index < -0.39 is 0 Å². The number of fused-ring (bicyclic) bond motifs is 1. The summed E-state index contributed by atoms with van der Waals surface area (Å²) in [6, 6.07) is 17.1. The Morgan fingerprint density at radius 3 is 2.42 bits per heavy atom. The first kappa shape index (κ1) is 22.4. The molecule has 0 unspecified atom stereocenters. The molecule has 8 heteroatoms. The number of nitrogens with one attached hydrogen (secondary N) is 1. The fourth-order valence-electron chi connectivity index (χ4n) is 4.98. The van der Waals surface area contributed by atoms with Gasteiger partial charge in [0.15, 0.2) is 11.5 Å². The molecule has 2 fully saturated rings. The van der Waals surface area contributed by atoms with E-state index in [9.17, 15) is 9.59 Å². The van der Waals surface area contributed by atoms with E-state index >= 15 is 0 Å². The molecule has 2 aliphatic rings. The maximum atomic E-state index is 13.8. The molecule has 0 radical (unpaired) electrons. The molecule has 4 heterocycles. The molecule has 6 rings (SSSR count). The molecule has 1 aliphatic carbocycles. The molecule has 4 aromatic rings. The lowest BCUT2D eigenvalue weighted by Crippen LogP contribution is -2.41. The van der Waals surface area contributed by atoms with Crippen LogP contribution in [0.15, 0.2) is 60.8 Å². The van der Waals surface area contributed by atoms with E-state index in [2.05, 4.69) is 10.3 Å². The zero-order chi connectivity index (χ0) is 24.6. The van der Waals surface area contributed by atoms with Gasteiger partial charge in [-0.2, -0.15) is 9.78 Å². The molecule has 182 valence electrons. The van der Waals surface area contributed by atoms with Gasteiger partial charge in [-0.25, -0.2) is 9.97 Å². The number of likely N-dealkylation sites (tertiary alicyclic amines) is 1. The Morgan fingerprint density at radius 1 is 0.972 bits per heavy atom. The fourth-order valence-corrected chi connectivity index (χ4v) is 4.98. The standard InChI is InChI=1S/C28H28N6O2/c1-18-25-22(17-23(19-10-11-19)31-26(25)34(32-18)24-9-5-6-14-29-24)28(36)33-15-12-20(13-16-33)27(35)30-21-7-3-2-4-8-21/h2-9,14,17,19-20H,10-13,15-16H2,1H3,(H,30,35). The van der Waals surface area contributed by atoms with E-state index in [1.807, 2.05) is 66.4 Å². The lowest BCUT2D eigenvalue weighted by molar-refractivity contribution is -0.121. The molecule has 36 heavy (non-hydrogen) atoms. The number of nitrogens with zero attached hydrogens (tertiary/aromatic N) is 5. The molecule has 1 saturated heterocycles. The topological polar surface area (TPSA) is 93.0 Å². The van der Waals surface area contributed by atoms with Crippen molar-refractivity contribution in [3.05, 3.63) is 77.7 Å². The summed E-state index contributed by atoms with van der Waals surface area (Å²) in [6.45, 7) is 3.00. The minimum absolute atomic E-state index is 0.0168. The first-order valence-electron chi connectivity index (χ1n) is 12.6. The minimum Gasteiger partial charge on any atom is -0.339 e. The average molecular weight is 481 g/mol. The van der Waals surface area contributed by atoms with Gasteiger partial charge in [0.2, 0.25) is 5.91 Å². The van der Waals surface area contributed by atoms with E-state index in [-0.39, 0.29) is 17.7 Å². The summed E-state index contributed by atoms with van der Waals surface area (Å²) < 4.78 is 1.74. The molecule has 0 spiro atoms. The van der Waals surface area contributed by atoms with Crippen LogP contribution in [0.25, 0.3) is 16.9 Å². The Bertz CT molecular complexity index is 1420. The third-order valence-corrected chi connectivity index (χ3v) is 7.12. The number of amides is 2. The maximum absolute atomic E-state index is 13.8. The molecule has 0 atom stereocenters. The maximum Gasteiger partial charge on any atom is 0.254 e. The number of anilines is 1. The minimum atomic E-state index is -0.109. The third kappa shape index (κ3) is 4.23. The van der Waals surface area contributed by atoms with Crippen LogP contribution in [0.1, 0.15) is 53.3 Å². The number of carbonyl (C=O) groups excluding carboxylic acids is 2. The molecular formula is C28H28N6O2. The number of pyridine rings is 2. The Hall–Kier alpha value is -4.07. The van der Waals surface area contributed by atoms with Gasteiger partial charge in [0.25, 0.3) is 5.91 Å². The number of rotatable bonds is 5. The van der Waals surface area contributed by atoms with Gasteiger partial charge >= 0.3 is 0 Å². The molecule has 1 aliphatic heterocycles. The Balaban J connectivity index is 1.26. The van der Waals surface area contributed by atoms with Crippen molar-refractivity contribution in [1.82, 2.24) is 24.6 Å². The SMILES string of the molecule is Cc1nn(-c2ccccn2)c2nc(C3CC3)cc(C(=O)N3CCC(C(=O)Nc4ccccc4)CC3)c12. The van der Waals surface area contributed by atoms with Gasteiger partial charge in [0.05, 0.1) is 16.6 Å². The summed E-state index contributed by atoms with van der Waals surface area (Å²) in [5.41, 5.74) is 3.82. The predicted molar refractivity (Wildman–Crippen MR) is 137 cm³/mol. The zero-order valence-electron chi connectivity index (χ0n) is 20.2. The highest BCUT2D eigenvalue weighted by molar-refractivity contribution is 6.07. The van der Waals surface area contributed by atoms with Crippen molar-refractivity contribution >= 4 is 28.5 Å². The second-order valence-electron chi connectivity index (χ2n) is 9.67. The van der Waals surface area contributed by atoms with Crippen molar-refractivity contribution in [2.24, 2.45) is 5.92 Å². The number of para-hydroxylation sites is 1. The van der Waals surface area contributed by atoms with Crippen LogP contribution in [0.4, 0.5) is 5.69 Å². The summed E-state index contributed by atoms with van der Waals surface area (Å²) in [5.74, 6) is 0.959. The van der Waals surface area contributed by atoms with Gasteiger partial charge in [-0.15, -0.1) is 0 Å².